The van der Waals surface area contributed by atoms with Crippen LogP contribution in [0.2, 0.25) is 0 Å². The molecular weight excluding hydrogens is 447 g/mol. The standard InChI is InChI=1S/C24H21FN2O5S/c1-4-32-23(30)20-13(2)26-24-27(21(20)15-6-8-16(25)9-7-15)22(29)19(33-24)12-14-5-10-18(31-3)17(28)11-14/h5-12,21,28H,4H2,1-3H3/b19-12-/t21-/m1/s1. The van der Waals surface area contributed by atoms with Gasteiger partial charge in [0.15, 0.2) is 16.3 Å². The first-order valence-corrected chi connectivity index (χ1v) is 11.0. The third-order valence-electron chi connectivity index (χ3n) is 5.20. The minimum Gasteiger partial charge on any atom is -0.504 e. The maximum absolute atomic E-state index is 13.6. The number of hydrogen-bond acceptors (Lipinski definition) is 7. The molecule has 2 heterocycles. The van der Waals surface area contributed by atoms with Gasteiger partial charge in [-0.3, -0.25) is 9.36 Å². The van der Waals surface area contributed by atoms with Crippen LogP contribution in [0.5, 0.6) is 11.5 Å². The second-order valence-electron chi connectivity index (χ2n) is 7.29. The summed E-state index contributed by atoms with van der Waals surface area (Å²) in [6, 6.07) is 9.63. The number of aromatic nitrogens is 1. The molecule has 0 radical (unpaired) electrons. The summed E-state index contributed by atoms with van der Waals surface area (Å²) in [5.74, 6) is -0.741. The summed E-state index contributed by atoms with van der Waals surface area (Å²) in [7, 11) is 1.45. The zero-order chi connectivity index (χ0) is 23.7. The van der Waals surface area contributed by atoms with Crippen LogP contribution in [-0.4, -0.2) is 29.4 Å². The van der Waals surface area contributed by atoms with Crippen molar-refractivity contribution in [3.8, 4) is 11.5 Å². The summed E-state index contributed by atoms with van der Waals surface area (Å²) in [6.45, 7) is 3.54. The van der Waals surface area contributed by atoms with Gasteiger partial charge < -0.3 is 14.6 Å². The highest BCUT2D eigenvalue weighted by Crippen LogP contribution is 2.31. The van der Waals surface area contributed by atoms with E-state index in [1.165, 1.54) is 42.0 Å². The molecule has 1 aromatic heterocycles. The molecule has 0 saturated heterocycles. The minimum atomic E-state index is -0.813. The van der Waals surface area contributed by atoms with Crippen LogP contribution in [0.3, 0.4) is 0 Å². The van der Waals surface area contributed by atoms with Gasteiger partial charge in [-0.15, -0.1) is 0 Å². The highest BCUT2D eigenvalue weighted by atomic mass is 32.1. The number of thiazole rings is 1. The van der Waals surface area contributed by atoms with Gasteiger partial charge in [0.2, 0.25) is 0 Å². The van der Waals surface area contributed by atoms with E-state index in [2.05, 4.69) is 4.99 Å². The molecule has 3 aromatic rings. The van der Waals surface area contributed by atoms with E-state index < -0.39 is 17.8 Å². The first kappa shape index (κ1) is 22.5. The molecule has 33 heavy (non-hydrogen) atoms. The van der Waals surface area contributed by atoms with Gasteiger partial charge in [0, 0.05) is 0 Å². The zero-order valence-corrected chi connectivity index (χ0v) is 19.0. The van der Waals surface area contributed by atoms with Gasteiger partial charge in [-0.1, -0.05) is 29.5 Å². The number of phenolic OH excluding ortho intramolecular Hbond substituents is 1. The summed E-state index contributed by atoms with van der Waals surface area (Å²) >= 11 is 1.16. The Morgan fingerprint density at radius 3 is 2.64 bits per heavy atom. The average molecular weight is 469 g/mol. The number of rotatable bonds is 5. The van der Waals surface area contributed by atoms with Crippen LogP contribution < -0.4 is 19.6 Å². The second kappa shape index (κ2) is 9.03. The van der Waals surface area contributed by atoms with E-state index in [9.17, 15) is 19.1 Å². The van der Waals surface area contributed by atoms with E-state index in [0.717, 1.165) is 11.3 Å². The molecule has 2 aromatic carbocycles. The number of halogens is 1. The molecule has 0 aliphatic carbocycles. The van der Waals surface area contributed by atoms with Crippen molar-refractivity contribution in [2.75, 3.05) is 13.7 Å². The first-order valence-electron chi connectivity index (χ1n) is 10.2. The van der Waals surface area contributed by atoms with Gasteiger partial charge in [-0.2, -0.15) is 0 Å². The normalized spacial score (nSPS) is 15.8. The van der Waals surface area contributed by atoms with E-state index in [-0.39, 0.29) is 23.5 Å². The quantitative estimate of drug-likeness (QED) is 0.582. The number of nitrogens with zero attached hydrogens (tertiary/aromatic N) is 2. The Hall–Kier alpha value is -3.72. The fourth-order valence-electron chi connectivity index (χ4n) is 3.70. The van der Waals surface area contributed by atoms with Gasteiger partial charge in [-0.05, 0) is 55.3 Å². The predicted octanol–water partition coefficient (Wildman–Crippen LogP) is 2.65. The highest BCUT2D eigenvalue weighted by Gasteiger charge is 2.33. The lowest BCUT2D eigenvalue weighted by molar-refractivity contribution is -0.139. The van der Waals surface area contributed by atoms with E-state index in [1.54, 1.807) is 32.1 Å². The Morgan fingerprint density at radius 1 is 1.27 bits per heavy atom. The number of benzene rings is 2. The summed E-state index contributed by atoms with van der Waals surface area (Å²) < 4.78 is 25.7. The maximum Gasteiger partial charge on any atom is 0.338 e. The topological polar surface area (TPSA) is 90.1 Å². The largest absolute Gasteiger partial charge is 0.504 e. The van der Waals surface area contributed by atoms with Crippen molar-refractivity contribution in [1.82, 2.24) is 4.57 Å². The third-order valence-corrected chi connectivity index (χ3v) is 6.19. The van der Waals surface area contributed by atoms with Crippen LogP contribution in [0.4, 0.5) is 4.39 Å². The lowest BCUT2D eigenvalue weighted by Crippen LogP contribution is -2.39. The third kappa shape index (κ3) is 4.19. The first-order chi connectivity index (χ1) is 15.8. The van der Waals surface area contributed by atoms with Crippen molar-refractivity contribution in [2.24, 2.45) is 4.99 Å². The Balaban J connectivity index is 1.93. The number of esters is 1. The highest BCUT2D eigenvalue weighted by molar-refractivity contribution is 7.07. The average Bonchev–Trinajstić information content (AvgIpc) is 3.08. The molecule has 0 amide bonds. The Labute approximate surface area is 192 Å². The number of carbonyl (C=O) groups excluding carboxylic acids is 1. The van der Waals surface area contributed by atoms with Crippen LogP contribution in [0.1, 0.15) is 31.0 Å². The molecule has 9 heteroatoms. The number of fused-ring (bicyclic) bond motifs is 1. The van der Waals surface area contributed by atoms with Gasteiger partial charge in [0.05, 0.1) is 35.6 Å². The Kier molecular flexibility index (Phi) is 6.15. The van der Waals surface area contributed by atoms with Crippen LogP contribution >= 0.6 is 11.3 Å². The monoisotopic (exact) mass is 468 g/mol. The molecule has 170 valence electrons. The van der Waals surface area contributed by atoms with Gasteiger partial charge in [0.1, 0.15) is 5.82 Å². The molecule has 0 bridgehead atoms. The van der Waals surface area contributed by atoms with E-state index in [0.29, 0.717) is 31.9 Å². The minimum absolute atomic E-state index is 0.0522. The number of ether oxygens (including phenoxy) is 2. The van der Waals surface area contributed by atoms with Crippen molar-refractivity contribution >= 4 is 23.4 Å². The molecule has 1 atom stereocenters. The smallest absolute Gasteiger partial charge is 0.338 e. The lowest BCUT2D eigenvalue weighted by atomic mass is 9.96. The maximum atomic E-state index is 13.6. The lowest BCUT2D eigenvalue weighted by Gasteiger charge is -2.24. The second-order valence-corrected chi connectivity index (χ2v) is 8.29. The Morgan fingerprint density at radius 2 is 2.00 bits per heavy atom. The summed E-state index contributed by atoms with van der Waals surface area (Å²) in [4.78, 5) is 31.2. The number of phenols is 1. The van der Waals surface area contributed by atoms with Crippen molar-refractivity contribution < 1.29 is 23.8 Å². The number of aromatic hydroxyl groups is 1. The van der Waals surface area contributed by atoms with Crippen molar-refractivity contribution in [2.45, 2.75) is 19.9 Å². The molecule has 0 unspecified atom stereocenters. The van der Waals surface area contributed by atoms with Crippen LogP contribution in [0.25, 0.3) is 6.08 Å². The molecule has 4 rings (SSSR count). The van der Waals surface area contributed by atoms with Crippen molar-refractivity contribution in [1.29, 1.82) is 0 Å². The summed E-state index contributed by atoms with van der Waals surface area (Å²) in [5, 5.41) is 10.1. The molecule has 7 nitrogen and oxygen atoms in total. The molecule has 1 N–H and O–H groups in total. The number of methoxy groups -OCH3 is 1. The molecule has 0 fully saturated rings. The Bertz CT molecular complexity index is 1440. The van der Waals surface area contributed by atoms with Crippen LogP contribution in [0.15, 0.2) is 63.5 Å². The van der Waals surface area contributed by atoms with Crippen molar-refractivity contribution in [3.05, 3.63) is 90.4 Å². The number of hydrogen-bond donors (Lipinski definition) is 1. The number of carbonyl (C=O) groups is 1. The fourth-order valence-corrected chi connectivity index (χ4v) is 4.75. The van der Waals surface area contributed by atoms with Gasteiger partial charge >= 0.3 is 5.97 Å². The summed E-state index contributed by atoms with van der Waals surface area (Å²) in [5.41, 5.74) is 1.45. The molecule has 1 aliphatic heterocycles. The van der Waals surface area contributed by atoms with E-state index in [4.69, 9.17) is 9.47 Å². The predicted molar refractivity (Wildman–Crippen MR) is 121 cm³/mol. The molecule has 0 saturated carbocycles. The molecule has 0 spiro atoms. The van der Waals surface area contributed by atoms with E-state index >= 15 is 0 Å². The van der Waals surface area contributed by atoms with Crippen LogP contribution in [0, 0.1) is 5.82 Å². The van der Waals surface area contributed by atoms with Crippen LogP contribution in [-0.2, 0) is 9.53 Å². The number of allylic oxidation sites excluding steroid dienone is 1. The fraction of sp³-hybridized carbons (Fsp3) is 0.208. The van der Waals surface area contributed by atoms with Crippen molar-refractivity contribution in [3.63, 3.8) is 0 Å². The SMILES string of the molecule is CCOC(=O)C1=C(C)N=c2s/c(=C\c3ccc(OC)c(O)c3)c(=O)n2[C@@H]1c1ccc(F)cc1. The summed E-state index contributed by atoms with van der Waals surface area (Å²) in [6.07, 6.45) is 1.63. The zero-order valence-electron chi connectivity index (χ0n) is 18.2. The molecule has 1 aliphatic rings. The van der Waals surface area contributed by atoms with E-state index in [1.807, 2.05) is 0 Å². The molecular formula is C24H21FN2O5S. The van der Waals surface area contributed by atoms with Gasteiger partial charge in [0.25, 0.3) is 5.56 Å². The van der Waals surface area contributed by atoms with Gasteiger partial charge in [-0.25, -0.2) is 14.2 Å².